The minimum Gasteiger partial charge on any atom is -0.484 e. The van der Waals surface area contributed by atoms with E-state index in [1.165, 1.54) is 0 Å². The van der Waals surface area contributed by atoms with Gasteiger partial charge in [-0.2, -0.15) is 0 Å². The number of hydrogen-bond donors (Lipinski definition) is 1. The van der Waals surface area contributed by atoms with E-state index < -0.39 is 0 Å². The van der Waals surface area contributed by atoms with Crippen LogP contribution in [0.2, 0.25) is 0 Å². The van der Waals surface area contributed by atoms with E-state index in [1.54, 1.807) is 7.11 Å². The van der Waals surface area contributed by atoms with Crippen LogP contribution >= 0.6 is 0 Å². The maximum Gasteiger partial charge on any atom is 0.191 e. The maximum atomic E-state index is 8.04. The lowest BCUT2D eigenvalue weighted by molar-refractivity contribution is 0.0639. The predicted octanol–water partition coefficient (Wildman–Crippen LogP) is 2.36. The molecule has 3 nitrogen and oxygen atoms in total. The summed E-state index contributed by atoms with van der Waals surface area (Å²) in [6, 6.07) is 10.1. The Morgan fingerprint density at radius 3 is 2.44 bits per heavy atom. The third-order valence-corrected chi connectivity index (χ3v) is 3.31. The number of hydrogen-bond acceptors (Lipinski definition) is 3. The first-order chi connectivity index (χ1) is 7.79. The molecule has 1 saturated heterocycles. The van der Waals surface area contributed by atoms with Gasteiger partial charge in [-0.3, -0.25) is 5.41 Å². The number of nitrogens with one attached hydrogen (secondary N) is 1. The summed E-state index contributed by atoms with van der Waals surface area (Å²) < 4.78 is 10.6. The van der Waals surface area contributed by atoms with Crippen LogP contribution in [0.1, 0.15) is 18.4 Å². The molecule has 1 aliphatic rings. The lowest BCUT2D eigenvalue weighted by atomic mass is 9.74. The molecule has 0 spiro atoms. The third-order valence-electron chi connectivity index (χ3n) is 3.31. The molecule has 1 aromatic carbocycles. The zero-order valence-electron chi connectivity index (χ0n) is 9.53. The van der Waals surface area contributed by atoms with Crippen molar-refractivity contribution >= 4 is 5.90 Å². The SMILES string of the molecule is COC(=N)C1(c2ccccc2)CCOCC1. The first-order valence-electron chi connectivity index (χ1n) is 5.56. The highest BCUT2D eigenvalue weighted by molar-refractivity contribution is 5.85. The van der Waals surface area contributed by atoms with Gasteiger partial charge in [0.1, 0.15) is 0 Å². The molecule has 0 saturated carbocycles. The van der Waals surface area contributed by atoms with Gasteiger partial charge in [0.15, 0.2) is 5.90 Å². The van der Waals surface area contributed by atoms with Crippen LogP contribution in [0.4, 0.5) is 0 Å². The minimum absolute atomic E-state index is 0.283. The van der Waals surface area contributed by atoms with E-state index in [9.17, 15) is 0 Å². The molecular weight excluding hydrogens is 202 g/mol. The monoisotopic (exact) mass is 219 g/mol. The van der Waals surface area contributed by atoms with Gasteiger partial charge in [0.05, 0.1) is 12.5 Å². The number of rotatable bonds is 2. The summed E-state index contributed by atoms with van der Waals surface area (Å²) >= 11 is 0. The van der Waals surface area contributed by atoms with E-state index in [1.807, 2.05) is 18.2 Å². The van der Waals surface area contributed by atoms with Gasteiger partial charge in [-0.05, 0) is 18.4 Å². The molecule has 0 unspecified atom stereocenters. The van der Waals surface area contributed by atoms with Crippen LogP contribution in [0, 0.1) is 5.41 Å². The van der Waals surface area contributed by atoms with Crippen molar-refractivity contribution in [1.29, 1.82) is 5.41 Å². The number of benzene rings is 1. The van der Waals surface area contributed by atoms with E-state index in [0.717, 1.165) is 18.4 Å². The van der Waals surface area contributed by atoms with Crippen molar-refractivity contribution in [2.45, 2.75) is 18.3 Å². The third kappa shape index (κ3) is 1.83. The summed E-state index contributed by atoms with van der Waals surface area (Å²) in [6.45, 7) is 1.39. The fraction of sp³-hybridized carbons (Fsp3) is 0.462. The van der Waals surface area contributed by atoms with Crippen molar-refractivity contribution in [3.8, 4) is 0 Å². The number of ether oxygens (including phenoxy) is 2. The number of methoxy groups -OCH3 is 1. The van der Waals surface area contributed by atoms with Gasteiger partial charge in [0, 0.05) is 13.2 Å². The average molecular weight is 219 g/mol. The summed E-state index contributed by atoms with van der Waals surface area (Å²) in [4.78, 5) is 0. The van der Waals surface area contributed by atoms with Crippen molar-refractivity contribution in [3.63, 3.8) is 0 Å². The van der Waals surface area contributed by atoms with Gasteiger partial charge in [-0.25, -0.2) is 0 Å². The van der Waals surface area contributed by atoms with E-state index in [2.05, 4.69) is 12.1 Å². The predicted molar refractivity (Wildman–Crippen MR) is 62.9 cm³/mol. The molecule has 1 N–H and O–H groups in total. The lowest BCUT2D eigenvalue weighted by Gasteiger charge is -2.36. The largest absolute Gasteiger partial charge is 0.484 e. The normalized spacial score (nSPS) is 19.1. The molecule has 0 atom stereocenters. The Balaban J connectivity index is 2.38. The van der Waals surface area contributed by atoms with Crippen molar-refractivity contribution in [2.75, 3.05) is 20.3 Å². The molecule has 0 bridgehead atoms. The Labute approximate surface area is 95.9 Å². The molecule has 1 aromatic rings. The molecular formula is C13H17NO2. The molecule has 16 heavy (non-hydrogen) atoms. The van der Waals surface area contributed by atoms with Crippen LogP contribution in [-0.4, -0.2) is 26.2 Å². The Kier molecular flexibility index (Phi) is 3.25. The first kappa shape index (κ1) is 11.1. The van der Waals surface area contributed by atoms with Gasteiger partial charge < -0.3 is 9.47 Å². The molecule has 0 aliphatic carbocycles. The molecule has 1 fully saturated rings. The van der Waals surface area contributed by atoms with E-state index in [4.69, 9.17) is 14.9 Å². The van der Waals surface area contributed by atoms with E-state index >= 15 is 0 Å². The summed E-state index contributed by atoms with van der Waals surface area (Å²) in [5, 5.41) is 8.04. The van der Waals surface area contributed by atoms with Gasteiger partial charge in [-0.1, -0.05) is 30.3 Å². The van der Waals surface area contributed by atoms with Crippen molar-refractivity contribution < 1.29 is 9.47 Å². The van der Waals surface area contributed by atoms with Gasteiger partial charge in [0.2, 0.25) is 0 Å². The molecule has 1 heterocycles. The van der Waals surface area contributed by atoms with Crippen LogP contribution in [0.15, 0.2) is 30.3 Å². The molecule has 3 heteroatoms. The van der Waals surface area contributed by atoms with Gasteiger partial charge in [-0.15, -0.1) is 0 Å². The van der Waals surface area contributed by atoms with Crippen LogP contribution in [0.3, 0.4) is 0 Å². The minimum atomic E-state index is -0.283. The smallest absolute Gasteiger partial charge is 0.191 e. The highest BCUT2D eigenvalue weighted by atomic mass is 16.5. The van der Waals surface area contributed by atoms with Crippen molar-refractivity contribution in [2.24, 2.45) is 0 Å². The quantitative estimate of drug-likeness (QED) is 0.613. The fourth-order valence-corrected chi connectivity index (χ4v) is 2.32. The summed E-state index contributed by atoms with van der Waals surface area (Å²) in [5.74, 6) is 0.349. The van der Waals surface area contributed by atoms with E-state index in [0.29, 0.717) is 19.1 Å². The van der Waals surface area contributed by atoms with Crippen LogP contribution in [-0.2, 0) is 14.9 Å². The second-order valence-corrected chi connectivity index (χ2v) is 4.09. The van der Waals surface area contributed by atoms with E-state index in [-0.39, 0.29) is 5.41 Å². The Hall–Kier alpha value is -1.35. The molecule has 0 aromatic heterocycles. The van der Waals surface area contributed by atoms with Crippen LogP contribution < -0.4 is 0 Å². The van der Waals surface area contributed by atoms with Crippen molar-refractivity contribution in [1.82, 2.24) is 0 Å². The highest BCUT2D eigenvalue weighted by Crippen LogP contribution is 2.35. The Morgan fingerprint density at radius 2 is 1.88 bits per heavy atom. The molecule has 0 amide bonds. The fourth-order valence-electron chi connectivity index (χ4n) is 2.32. The van der Waals surface area contributed by atoms with Gasteiger partial charge in [0.25, 0.3) is 0 Å². The average Bonchev–Trinajstić information content (AvgIpc) is 2.39. The van der Waals surface area contributed by atoms with Crippen molar-refractivity contribution in [3.05, 3.63) is 35.9 Å². The molecule has 86 valence electrons. The molecule has 0 radical (unpaired) electrons. The topological polar surface area (TPSA) is 42.3 Å². The highest BCUT2D eigenvalue weighted by Gasteiger charge is 2.39. The Morgan fingerprint density at radius 1 is 1.25 bits per heavy atom. The zero-order valence-corrected chi connectivity index (χ0v) is 9.53. The summed E-state index contributed by atoms with van der Waals surface area (Å²) in [7, 11) is 1.57. The maximum absolute atomic E-state index is 8.04. The lowest BCUT2D eigenvalue weighted by Crippen LogP contribution is -2.41. The molecule has 1 aliphatic heterocycles. The Bertz CT molecular complexity index is 355. The van der Waals surface area contributed by atoms with Crippen LogP contribution in [0.5, 0.6) is 0 Å². The second-order valence-electron chi connectivity index (χ2n) is 4.09. The van der Waals surface area contributed by atoms with Gasteiger partial charge >= 0.3 is 0 Å². The summed E-state index contributed by atoms with van der Waals surface area (Å²) in [6.07, 6.45) is 1.65. The first-order valence-corrected chi connectivity index (χ1v) is 5.56. The summed E-state index contributed by atoms with van der Waals surface area (Å²) in [5.41, 5.74) is 0.874. The van der Waals surface area contributed by atoms with Crippen LogP contribution in [0.25, 0.3) is 0 Å². The standard InChI is InChI=1S/C13H17NO2/c1-15-12(14)13(7-9-16-10-8-13)11-5-3-2-4-6-11/h2-6,14H,7-10H2,1H3. The zero-order chi connectivity index (χ0) is 11.4. The molecule has 2 rings (SSSR count). The second kappa shape index (κ2) is 4.66.